The monoisotopic (exact) mass is 310 g/mol. The Hall–Kier alpha value is -2.88. The lowest BCUT2D eigenvalue weighted by Crippen LogP contribution is -2.19. The van der Waals surface area contributed by atoms with Crippen molar-refractivity contribution in [1.29, 1.82) is 0 Å². The van der Waals surface area contributed by atoms with Crippen molar-refractivity contribution in [2.45, 2.75) is 13.3 Å². The highest BCUT2D eigenvalue weighted by molar-refractivity contribution is 6.00. The Morgan fingerprint density at radius 3 is 2.52 bits per heavy atom. The fourth-order valence-electron chi connectivity index (χ4n) is 2.20. The van der Waals surface area contributed by atoms with Crippen LogP contribution in [-0.2, 0) is 9.53 Å². The first-order valence-electron chi connectivity index (χ1n) is 7.25. The summed E-state index contributed by atoms with van der Waals surface area (Å²) in [5.74, 6) is -0.497. The Morgan fingerprint density at radius 1 is 1.22 bits per heavy atom. The largest absolute Gasteiger partial charge is 0.465 e. The third kappa shape index (κ3) is 4.54. The van der Waals surface area contributed by atoms with E-state index < -0.39 is 11.9 Å². The van der Waals surface area contributed by atoms with Crippen molar-refractivity contribution in [3.63, 3.8) is 0 Å². The molecule has 0 N–H and O–H groups in total. The van der Waals surface area contributed by atoms with Crippen molar-refractivity contribution in [2.75, 3.05) is 0 Å². The van der Waals surface area contributed by atoms with Gasteiger partial charge >= 0.3 is 5.97 Å². The third-order valence-electron chi connectivity index (χ3n) is 3.21. The third-order valence-corrected chi connectivity index (χ3v) is 3.21. The van der Waals surface area contributed by atoms with Gasteiger partial charge in [0.1, 0.15) is 11.5 Å². The molecular weight excluding hydrogens is 292 g/mol. The van der Waals surface area contributed by atoms with Gasteiger partial charge in [-0.3, -0.25) is 9.59 Å². The molecule has 1 unspecified atom stereocenters. The fourth-order valence-corrected chi connectivity index (χ4v) is 2.20. The number of benzene rings is 1. The summed E-state index contributed by atoms with van der Waals surface area (Å²) in [7, 11) is 0. The van der Waals surface area contributed by atoms with Crippen LogP contribution in [0.15, 0.2) is 71.6 Å². The first-order valence-corrected chi connectivity index (χ1v) is 7.25. The molecule has 1 aromatic heterocycles. The van der Waals surface area contributed by atoms with Crippen molar-refractivity contribution in [3.05, 3.63) is 78.5 Å². The maximum atomic E-state index is 12.8. The van der Waals surface area contributed by atoms with Crippen molar-refractivity contribution in [2.24, 2.45) is 5.92 Å². The lowest BCUT2D eigenvalue weighted by molar-refractivity contribution is -0.137. The normalized spacial score (nSPS) is 12.5. The van der Waals surface area contributed by atoms with E-state index in [4.69, 9.17) is 9.15 Å². The molecule has 0 fully saturated rings. The van der Waals surface area contributed by atoms with Crippen LogP contribution in [0.1, 0.15) is 29.5 Å². The Morgan fingerprint density at radius 2 is 1.96 bits per heavy atom. The minimum Gasteiger partial charge on any atom is -0.465 e. The highest BCUT2D eigenvalue weighted by atomic mass is 16.5. The molecule has 0 aliphatic carbocycles. The number of Topliss-reactive ketones (excluding diaryl/α,β-unsaturated/α-hetero) is 1. The average Bonchev–Trinajstić information content (AvgIpc) is 3.05. The lowest BCUT2D eigenvalue weighted by atomic mass is 9.92. The molecule has 1 aromatic carbocycles. The lowest BCUT2D eigenvalue weighted by Gasteiger charge is -2.17. The molecule has 4 heteroatoms. The zero-order valence-electron chi connectivity index (χ0n) is 12.9. The van der Waals surface area contributed by atoms with E-state index in [-0.39, 0.29) is 11.5 Å². The van der Waals surface area contributed by atoms with E-state index in [1.165, 1.54) is 13.2 Å². The Balaban J connectivity index is 2.39. The van der Waals surface area contributed by atoms with Gasteiger partial charge in [0.05, 0.1) is 12.2 Å². The van der Waals surface area contributed by atoms with Crippen LogP contribution in [0.25, 0.3) is 6.08 Å². The summed E-state index contributed by atoms with van der Waals surface area (Å²) in [4.78, 5) is 24.2. The van der Waals surface area contributed by atoms with Gasteiger partial charge in [-0.25, -0.2) is 0 Å². The van der Waals surface area contributed by atoms with Gasteiger partial charge < -0.3 is 9.15 Å². The molecule has 118 valence electrons. The highest BCUT2D eigenvalue weighted by Crippen LogP contribution is 2.25. The minimum absolute atomic E-state index is 0.135. The maximum absolute atomic E-state index is 12.8. The highest BCUT2D eigenvalue weighted by Gasteiger charge is 2.26. The van der Waals surface area contributed by atoms with Crippen LogP contribution in [0, 0.1) is 5.92 Å². The van der Waals surface area contributed by atoms with Crippen LogP contribution in [0.3, 0.4) is 0 Å². The molecule has 23 heavy (non-hydrogen) atoms. The van der Waals surface area contributed by atoms with E-state index in [1.54, 1.807) is 48.6 Å². The number of carbonyl (C=O) groups excluding carboxylic acids is 2. The predicted molar refractivity (Wildman–Crippen MR) is 87.5 cm³/mol. The number of rotatable bonds is 7. The second kappa shape index (κ2) is 7.94. The molecule has 0 bridgehead atoms. The van der Waals surface area contributed by atoms with E-state index in [0.29, 0.717) is 17.7 Å². The quantitative estimate of drug-likeness (QED) is 0.332. The molecule has 0 aliphatic heterocycles. The summed E-state index contributed by atoms with van der Waals surface area (Å²) in [5.41, 5.74) is 0.553. The molecule has 4 nitrogen and oxygen atoms in total. The molecule has 1 heterocycles. The molecule has 1 atom stereocenters. The summed E-state index contributed by atoms with van der Waals surface area (Å²) in [6, 6.07) is 12.3. The first kappa shape index (κ1) is 16.5. The SMILES string of the molecule is C=CCC(C(=O)c1ccccc1)/C(=C/c1ccco1)OC(C)=O. The standard InChI is InChI=1S/C19H18O4/c1-3-8-17(19(21)15-9-5-4-6-10-15)18(23-14(2)20)13-16-11-7-12-22-16/h3-7,9-13,17H,1,8H2,2H3/b18-13-. The topological polar surface area (TPSA) is 56.5 Å². The number of furan rings is 1. The van der Waals surface area contributed by atoms with Crippen molar-refractivity contribution < 1.29 is 18.7 Å². The Kier molecular flexibility index (Phi) is 5.69. The van der Waals surface area contributed by atoms with Gasteiger partial charge in [-0.15, -0.1) is 6.58 Å². The minimum atomic E-state index is -0.635. The fraction of sp³-hybridized carbons (Fsp3) is 0.158. The van der Waals surface area contributed by atoms with Crippen LogP contribution in [0.2, 0.25) is 0 Å². The molecule has 0 saturated heterocycles. The van der Waals surface area contributed by atoms with Gasteiger partial charge in [0.25, 0.3) is 0 Å². The van der Waals surface area contributed by atoms with Crippen LogP contribution < -0.4 is 0 Å². The summed E-state index contributed by atoms with van der Waals surface area (Å²) in [6.45, 7) is 4.99. The van der Waals surface area contributed by atoms with Gasteiger partial charge in [-0.1, -0.05) is 36.4 Å². The summed E-state index contributed by atoms with van der Waals surface area (Å²) >= 11 is 0. The zero-order valence-corrected chi connectivity index (χ0v) is 12.9. The summed E-state index contributed by atoms with van der Waals surface area (Å²) in [6.07, 6.45) is 5.06. The smallest absolute Gasteiger partial charge is 0.307 e. The molecule has 0 radical (unpaired) electrons. The molecular formula is C19H18O4. The van der Waals surface area contributed by atoms with Crippen molar-refractivity contribution in [1.82, 2.24) is 0 Å². The number of ether oxygens (including phenoxy) is 1. The second-order valence-corrected chi connectivity index (χ2v) is 4.96. The van der Waals surface area contributed by atoms with Gasteiger partial charge in [0.15, 0.2) is 5.78 Å². The predicted octanol–water partition coefficient (Wildman–Crippen LogP) is 4.26. The molecule has 0 spiro atoms. The second-order valence-electron chi connectivity index (χ2n) is 4.96. The van der Waals surface area contributed by atoms with Gasteiger partial charge in [-0.2, -0.15) is 0 Å². The van der Waals surface area contributed by atoms with E-state index in [2.05, 4.69) is 6.58 Å². The van der Waals surface area contributed by atoms with E-state index in [0.717, 1.165) is 0 Å². The summed E-state index contributed by atoms with van der Waals surface area (Å²) in [5, 5.41) is 0. The first-order chi connectivity index (χ1) is 11.1. The molecule has 0 aliphatic rings. The van der Waals surface area contributed by atoms with E-state index in [1.807, 2.05) is 6.07 Å². The van der Waals surface area contributed by atoms with Gasteiger partial charge in [-0.05, 0) is 18.6 Å². The summed E-state index contributed by atoms with van der Waals surface area (Å²) < 4.78 is 10.5. The Labute approximate surface area is 135 Å². The van der Waals surface area contributed by atoms with Crippen LogP contribution in [0.5, 0.6) is 0 Å². The van der Waals surface area contributed by atoms with Crippen LogP contribution in [-0.4, -0.2) is 11.8 Å². The van der Waals surface area contributed by atoms with Crippen molar-refractivity contribution >= 4 is 17.8 Å². The van der Waals surface area contributed by atoms with Gasteiger partial charge in [0.2, 0.25) is 0 Å². The Bertz CT molecular complexity index is 696. The van der Waals surface area contributed by atoms with E-state index >= 15 is 0 Å². The number of allylic oxidation sites excluding steroid dienone is 2. The number of hydrogen-bond acceptors (Lipinski definition) is 4. The number of carbonyl (C=O) groups is 2. The molecule has 0 amide bonds. The van der Waals surface area contributed by atoms with Crippen LogP contribution in [0.4, 0.5) is 0 Å². The van der Waals surface area contributed by atoms with Crippen molar-refractivity contribution in [3.8, 4) is 0 Å². The maximum Gasteiger partial charge on any atom is 0.307 e. The molecule has 0 saturated carbocycles. The molecule has 2 aromatic rings. The van der Waals surface area contributed by atoms with Crippen LogP contribution >= 0.6 is 0 Å². The average molecular weight is 310 g/mol. The zero-order chi connectivity index (χ0) is 16.7. The van der Waals surface area contributed by atoms with E-state index in [9.17, 15) is 9.59 Å². The molecule has 2 rings (SSSR count). The number of hydrogen-bond donors (Lipinski definition) is 0. The number of ketones is 1. The van der Waals surface area contributed by atoms with Gasteiger partial charge in [0, 0.05) is 18.6 Å². The number of esters is 1.